The van der Waals surface area contributed by atoms with E-state index in [9.17, 15) is 9.59 Å². The largest absolute Gasteiger partial charge is 0.466 e. The van der Waals surface area contributed by atoms with Gasteiger partial charge in [0.15, 0.2) is 0 Å². The van der Waals surface area contributed by atoms with Crippen LogP contribution in [0.5, 0.6) is 0 Å². The molecule has 0 amide bonds. The van der Waals surface area contributed by atoms with Crippen LogP contribution in [0.3, 0.4) is 0 Å². The maximum Gasteiger partial charge on any atom is 0.333 e. The van der Waals surface area contributed by atoms with Crippen molar-refractivity contribution in [2.24, 2.45) is 0 Å². The lowest BCUT2D eigenvalue weighted by Gasteiger charge is -2.13. The number of esters is 2. The first-order valence-corrected chi connectivity index (χ1v) is 4.61. The molecule has 4 heteroatoms. The predicted octanol–water partition coefficient (Wildman–Crippen LogP) is 1.20. The van der Waals surface area contributed by atoms with Crippen LogP contribution in [0.4, 0.5) is 0 Å². The summed E-state index contributed by atoms with van der Waals surface area (Å²) in [5.41, 5.74) is 0.376. The quantitative estimate of drug-likeness (QED) is 0.494. The third-order valence-electron chi connectivity index (χ3n) is 2.00. The zero-order valence-electron chi connectivity index (χ0n) is 8.25. The van der Waals surface area contributed by atoms with Crippen molar-refractivity contribution in [3.8, 4) is 0 Å². The summed E-state index contributed by atoms with van der Waals surface area (Å²) in [4.78, 5) is 22.0. The Hall–Kier alpha value is -1.32. The van der Waals surface area contributed by atoms with Crippen LogP contribution in [0.15, 0.2) is 12.2 Å². The molecule has 1 aliphatic rings. The zero-order chi connectivity index (χ0) is 10.6. The van der Waals surface area contributed by atoms with Crippen LogP contribution in [0.25, 0.3) is 0 Å². The number of carbonyl (C=O) groups excluding carboxylic acids is 2. The monoisotopic (exact) mass is 198 g/mol. The van der Waals surface area contributed by atoms with Crippen LogP contribution < -0.4 is 0 Å². The van der Waals surface area contributed by atoms with Gasteiger partial charge in [-0.25, -0.2) is 4.79 Å². The van der Waals surface area contributed by atoms with Gasteiger partial charge in [-0.15, -0.1) is 0 Å². The normalized spacial score (nSPS) is 22.1. The van der Waals surface area contributed by atoms with E-state index < -0.39 is 5.97 Å². The van der Waals surface area contributed by atoms with E-state index in [1.54, 1.807) is 6.92 Å². The van der Waals surface area contributed by atoms with Gasteiger partial charge >= 0.3 is 11.9 Å². The Labute approximate surface area is 82.9 Å². The fraction of sp³-hybridized carbons (Fsp3) is 0.600. The number of hydrogen-bond acceptors (Lipinski definition) is 4. The molecular weight excluding hydrogens is 184 g/mol. The average Bonchev–Trinajstić information content (AvgIpc) is 2.31. The Morgan fingerprint density at radius 3 is 2.93 bits per heavy atom. The molecule has 0 saturated carbocycles. The molecule has 0 N–H and O–H groups in total. The van der Waals surface area contributed by atoms with Crippen molar-refractivity contribution in [2.45, 2.75) is 32.3 Å². The molecule has 0 aliphatic carbocycles. The molecule has 1 fully saturated rings. The second-order valence-electron chi connectivity index (χ2n) is 3.36. The Balaban J connectivity index is 2.41. The molecule has 0 aromatic heterocycles. The first kappa shape index (κ1) is 10.8. The number of cyclic esters (lactones) is 1. The molecule has 1 heterocycles. The summed E-state index contributed by atoms with van der Waals surface area (Å²) in [5, 5.41) is 0. The molecule has 1 aliphatic heterocycles. The second-order valence-corrected chi connectivity index (χ2v) is 3.36. The van der Waals surface area contributed by atoms with Gasteiger partial charge in [0.25, 0.3) is 0 Å². The smallest absolute Gasteiger partial charge is 0.333 e. The maximum atomic E-state index is 11.2. The van der Waals surface area contributed by atoms with Gasteiger partial charge in [-0.2, -0.15) is 0 Å². The molecular formula is C10H14O4. The van der Waals surface area contributed by atoms with Crippen molar-refractivity contribution in [1.82, 2.24) is 0 Å². The van der Waals surface area contributed by atoms with Gasteiger partial charge in [0.1, 0.15) is 6.10 Å². The van der Waals surface area contributed by atoms with E-state index >= 15 is 0 Å². The van der Waals surface area contributed by atoms with Crippen molar-refractivity contribution in [3.63, 3.8) is 0 Å². The third-order valence-corrected chi connectivity index (χ3v) is 2.00. The standard InChI is InChI=1S/C10H14O4/c1-7(2)10(12)14-8-3-4-9(11)13-6-5-8/h8H,1,3-6H2,2H3. The second kappa shape index (κ2) is 4.79. The Morgan fingerprint density at radius 2 is 2.29 bits per heavy atom. The lowest BCUT2D eigenvalue weighted by molar-refractivity contribution is -0.144. The molecule has 0 bridgehead atoms. The van der Waals surface area contributed by atoms with Crippen molar-refractivity contribution < 1.29 is 19.1 Å². The van der Waals surface area contributed by atoms with Crippen LogP contribution >= 0.6 is 0 Å². The van der Waals surface area contributed by atoms with Crippen molar-refractivity contribution in [2.75, 3.05) is 6.61 Å². The lowest BCUT2D eigenvalue weighted by Crippen LogP contribution is -2.18. The fourth-order valence-corrected chi connectivity index (χ4v) is 1.17. The van der Waals surface area contributed by atoms with Gasteiger partial charge in [0.05, 0.1) is 6.61 Å². The molecule has 4 nitrogen and oxygen atoms in total. The zero-order valence-corrected chi connectivity index (χ0v) is 8.25. The molecule has 1 atom stereocenters. The minimum absolute atomic E-state index is 0.217. The number of ether oxygens (including phenoxy) is 2. The fourth-order valence-electron chi connectivity index (χ4n) is 1.17. The van der Waals surface area contributed by atoms with E-state index in [4.69, 9.17) is 9.47 Å². The Kier molecular flexibility index (Phi) is 3.68. The maximum absolute atomic E-state index is 11.2. The van der Waals surface area contributed by atoms with Gasteiger partial charge in [-0.3, -0.25) is 4.79 Å². The molecule has 1 unspecified atom stereocenters. The van der Waals surface area contributed by atoms with E-state index in [2.05, 4.69) is 6.58 Å². The SMILES string of the molecule is C=C(C)C(=O)OC1CCOC(=O)CC1. The molecule has 0 radical (unpaired) electrons. The van der Waals surface area contributed by atoms with Crippen molar-refractivity contribution in [1.29, 1.82) is 0 Å². The first-order chi connectivity index (χ1) is 6.59. The summed E-state index contributed by atoms with van der Waals surface area (Å²) < 4.78 is 9.93. The number of hydrogen-bond donors (Lipinski definition) is 0. The highest BCUT2D eigenvalue weighted by Gasteiger charge is 2.20. The van der Waals surface area contributed by atoms with Gasteiger partial charge < -0.3 is 9.47 Å². The van der Waals surface area contributed by atoms with Crippen LogP contribution in [0.2, 0.25) is 0 Å². The Morgan fingerprint density at radius 1 is 1.57 bits per heavy atom. The predicted molar refractivity (Wildman–Crippen MR) is 49.5 cm³/mol. The van der Waals surface area contributed by atoms with Crippen LogP contribution in [-0.4, -0.2) is 24.6 Å². The van der Waals surface area contributed by atoms with E-state index in [1.165, 1.54) is 0 Å². The van der Waals surface area contributed by atoms with Gasteiger partial charge in [0.2, 0.25) is 0 Å². The van der Waals surface area contributed by atoms with Crippen LogP contribution in [-0.2, 0) is 19.1 Å². The van der Waals surface area contributed by atoms with Gasteiger partial charge in [-0.05, 0) is 13.3 Å². The van der Waals surface area contributed by atoms with Crippen LogP contribution in [0, 0.1) is 0 Å². The highest BCUT2D eigenvalue weighted by atomic mass is 16.6. The average molecular weight is 198 g/mol. The molecule has 78 valence electrons. The Bertz CT molecular complexity index is 257. The summed E-state index contributed by atoms with van der Waals surface area (Å²) in [7, 11) is 0. The first-order valence-electron chi connectivity index (χ1n) is 4.61. The van der Waals surface area contributed by atoms with E-state index in [0.717, 1.165) is 0 Å². The third kappa shape index (κ3) is 3.20. The van der Waals surface area contributed by atoms with Crippen molar-refractivity contribution >= 4 is 11.9 Å². The highest BCUT2D eigenvalue weighted by Crippen LogP contribution is 2.14. The van der Waals surface area contributed by atoms with E-state index in [0.29, 0.717) is 31.4 Å². The summed E-state index contributed by atoms with van der Waals surface area (Å²) in [6.07, 6.45) is 1.21. The summed E-state index contributed by atoms with van der Waals surface area (Å²) in [6.45, 7) is 5.41. The lowest BCUT2D eigenvalue weighted by atomic mass is 10.1. The summed E-state index contributed by atoms with van der Waals surface area (Å²) >= 11 is 0. The molecule has 14 heavy (non-hydrogen) atoms. The molecule has 0 aromatic carbocycles. The number of rotatable bonds is 2. The minimum Gasteiger partial charge on any atom is -0.466 e. The summed E-state index contributed by atoms with van der Waals surface area (Å²) in [6, 6.07) is 0. The van der Waals surface area contributed by atoms with E-state index in [-0.39, 0.29) is 12.1 Å². The minimum atomic E-state index is -0.399. The molecule has 0 spiro atoms. The van der Waals surface area contributed by atoms with E-state index in [1.807, 2.05) is 0 Å². The topological polar surface area (TPSA) is 52.6 Å². The van der Waals surface area contributed by atoms with Crippen molar-refractivity contribution in [3.05, 3.63) is 12.2 Å². The molecule has 1 rings (SSSR count). The molecule has 1 saturated heterocycles. The van der Waals surface area contributed by atoms with Gasteiger partial charge in [0, 0.05) is 18.4 Å². The highest BCUT2D eigenvalue weighted by molar-refractivity contribution is 5.87. The van der Waals surface area contributed by atoms with Crippen LogP contribution in [0.1, 0.15) is 26.2 Å². The molecule has 0 aromatic rings. The number of carbonyl (C=O) groups is 2. The van der Waals surface area contributed by atoms with Gasteiger partial charge in [-0.1, -0.05) is 6.58 Å². The summed E-state index contributed by atoms with van der Waals surface area (Å²) in [5.74, 6) is -0.622.